The largest absolute Gasteiger partial charge is 0.497 e. The number of carbonyl (C=O) groups is 1. The minimum absolute atomic E-state index is 0.00279. The molecule has 0 radical (unpaired) electrons. The zero-order valence-corrected chi connectivity index (χ0v) is 17.8. The first-order chi connectivity index (χ1) is 13.4. The lowest BCUT2D eigenvalue weighted by Gasteiger charge is -2.32. The van der Waals surface area contributed by atoms with E-state index in [0.29, 0.717) is 6.04 Å². The monoisotopic (exact) mass is 387 g/mol. The van der Waals surface area contributed by atoms with Crippen molar-refractivity contribution in [1.82, 2.24) is 14.4 Å². The summed E-state index contributed by atoms with van der Waals surface area (Å²) in [4.78, 5) is 17.4. The number of ether oxygens (including phenoxy) is 2. The Kier molecular flexibility index (Phi) is 6.62. The SMILES string of the molecule is COc1ccc2c(CCN(C)C)cn(C(=O)OC3CCC(N(C)C)CC3)c2c1. The average molecular weight is 388 g/mol. The van der Waals surface area contributed by atoms with E-state index < -0.39 is 0 Å². The lowest BCUT2D eigenvalue weighted by atomic mass is 9.92. The fourth-order valence-corrected chi connectivity index (χ4v) is 3.98. The number of fused-ring (bicyclic) bond motifs is 1. The maximum Gasteiger partial charge on any atom is 0.418 e. The first kappa shape index (κ1) is 20.7. The third-order valence-corrected chi connectivity index (χ3v) is 5.76. The lowest BCUT2D eigenvalue weighted by molar-refractivity contribution is 0.0586. The van der Waals surface area contributed by atoms with Gasteiger partial charge in [0, 0.05) is 30.2 Å². The van der Waals surface area contributed by atoms with Crippen LogP contribution < -0.4 is 4.74 Å². The van der Waals surface area contributed by atoms with E-state index in [1.54, 1.807) is 11.7 Å². The van der Waals surface area contributed by atoms with Crippen molar-refractivity contribution in [2.45, 2.75) is 44.2 Å². The van der Waals surface area contributed by atoms with Gasteiger partial charge in [-0.1, -0.05) is 0 Å². The van der Waals surface area contributed by atoms with Gasteiger partial charge in [0.15, 0.2) is 0 Å². The molecule has 1 aromatic carbocycles. The van der Waals surface area contributed by atoms with Crippen molar-refractivity contribution in [1.29, 1.82) is 0 Å². The lowest BCUT2D eigenvalue weighted by Crippen LogP contribution is -2.35. The Morgan fingerprint density at radius 1 is 1.14 bits per heavy atom. The molecule has 6 nitrogen and oxygen atoms in total. The van der Waals surface area contributed by atoms with Gasteiger partial charge in [-0.2, -0.15) is 0 Å². The fraction of sp³-hybridized carbons (Fsp3) is 0.591. The zero-order chi connectivity index (χ0) is 20.3. The van der Waals surface area contributed by atoms with E-state index in [1.807, 2.05) is 24.4 Å². The van der Waals surface area contributed by atoms with Gasteiger partial charge < -0.3 is 19.3 Å². The number of rotatable bonds is 6. The number of hydrogen-bond acceptors (Lipinski definition) is 5. The molecule has 6 heteroatoms. The Hall–Kier alpha value is -2.05. The molecule has 0 bridgehead atoms. The Morgan fingerprint density at radius 2 is 1.86 bits per heavy atom. The third-order valence-electron chi connectivity index (χ3n) is 5.76. The molecular weight excluding hydrogens is 354 g/mol. The van der Waals surface area contributed by atoms with Crippen molar-refractivity contribution in [3.63, 3.8) is 0 Å². The minimum atomic E-state index is -0.289. The van der Waals surface area contributed by atoms with Gasteiger partial charge in [-0.15, -0.1) is 0 Å². The van der Waals surface area contributed by atoms with E-state index in [-0.39, 0.29) is 12.2 Å². The molecule has 0 N–H and O–H groups in total. The van der Waals surface area contributed by atoms with Crippen LogP contribution in [0.1, 0.15) is 31.2 Å². The number of hydrogen-bond donors (Lipinski definition) is 0. The van der Waals surface area contributed by atoms with E-state index in [1.165, 1.54) is 0 Å². The van der Waals surface area contributed by atoms with Crippen molar-refractivity contribution in [2.24, 2.45) is 0 Å². The maximum absolute atomic E-state index is 13.0. The molecular formula is C22H33N3O3. The highest BCUT2D eigenvalue weighted by Gasteiger charge is 2.26. The molecule has 0 aliphatic heterocycles. The van der Waals surface area contributed by atoms with Crippen molar-refractivity contribution < 1.29 is 14.3 Å². The zero-order valence-electron chi connectivity index (χ0n) is 17.8. The summed E-state index contributed by atoms with van der Waals surface area (Å²) in [5.74, 6) is 0.741. The quantitative estimate of drug-likeness (QED) is 0.758. The highest BCUT2D eigenvalue weighted by molar-refractivity contribution is 5.92. The van der Waals surface area contributed by atoms with Crippen LogP contribution in [0.5, 0.6) is 5.75 Å². The third kappa shape index (κ3) is 4.67. The van der Waals surface area contributed by atoms with Gasteiger partial charge in [-0.3, -0.25) is 4.57 Å². The van der Waals surface area contributed by atoms with Crippen molar-refractivity contribution >= 4 is 17.0 Å². The van der Waals surface area contributed by atoms with Crippen molar-refractivity contribution in [3.8, 4) is 5.75 Å². The van der Waals surface area contributed by atoms with E-state index in [9.17, 15) is 4.79 Å². The van der Waals surface area contributed by atoms with Gasteiger partial charge in [0.1, 0.15) is 11.9 Å². The average Bonchev–Trinajstić information content (AvgIpc) is 3.04. The summed E-state index contributed by atoms with van der Waals surface area (Å²) >= 11 is 0. The van der Waals surface area contributed by atoms with Gasteiger partial charge in [-0.25, -0.2) is 4.79 Å². The minimum Gasteiger partial charge on any atom is -0.497 e. The van der Waals surface area contributed by atoms with Gasteiger partial charge in [0.05, 0.1) is 12.6 Å². The Bertz CT molecular complexity index is 805. The molecule has 28 heavy (non-hydrogen) atoms. The Labute approximate surface area is 168 Å². The highest BCUT2D eigenvalue weighted by atomic mass is 16.6. The van der Waals surface area contributed by atoms with Crippen LogP contribution in [0.2, 0.25) is 0 Å². The summed E-state index contributed by atoms with van der Waals surface area (Å²) in [5, 5.41) is 1.08. The Balaban J connectivity index is 1.79. The Morgan fingerprint density at radius 3 is 2.46 bits per heavy atom. The summed E-state index contributed by atoms with van der Waals surface area (Å²) in [6.07, 6.45) is 6.50. The first-order valence-corrected chi connectivity index (χ1v) is 10.1. The molecule has 1 heterocycles. The topological polar surface area (TPSA) is 46.9 Å². The molecule has 1 aromatic heterocycles. The van der Waals surface area contributed by atoms with Crippen LogP contribution in [0, 0.1) is 0 Å². The number of benzene rings is 1. The first-order valence-electron chi connectivity index (χ1n) is 10.1. The highest BCUT2D eigenvalue weighted by Crippen LogP contribution is 2.28. The normalized spacial score (nSPS) is 20.1. The summed E-state index contributed by atoms with van der Waals surface area (Å²) in [5.41, 5.74) is 2.00. The molecule has 2 aromatic rings. The van der Waals surface area contributed by atoms with E-state index >= 15 is 0 Å². The van der Waals surface area contributed by atoms with Gasteiger partial charge in [0.25, 0.3) is 0 Å². The number of aromatic nitrogens is 1. The molecule has 1 aliphatic carbocycles. The smallest absolute Gasteiger partial charge is 0.418 e. The predicted molar refractivity (Wildman–Crippen MR) is 112 cm³/mol. The van der Waals surface area contributed by atoms with Gasteiger partial charge in [0.2, 0.25) is 0 Å². The van der Waals surface area contributed by atoms with Crippen LogP contribution in [0.4, 0.5) is 4.79 Å². The molecule has 154 valence electrons. The van der Waals surface area contributed by atoms with Gasteiger partial charge >= 0.3 is 6.09 Å². The molecule has 3 rings (SSSR count). The van der Waals surface area contributed by atoms with Crippen LogP contribution >= 0.6 is 0 Å². The molecule has 0 spiro atoms. The molecule has 1 fully saturated rings. The summed E-state index contributed by atoms with van der Waals surface area (Å²) in [6, 6.07) is 6.48. The van der Waals surface area contributed by atoms with Crippen LogP contribution in [0.3, 0.4) is 0 Å². The van der Waals surface area contributed by atoms with E-state index in [4.69, 9.17) is 9.47 Å². The molecule has 1 aliphatic rings. The standard InChI is InChI=1S/C22H33N3O3/c1-23(2)13-12-16-15-25(21-14-19(27-5)10-11-20(16)21)22(26)28-18-8-6-17(7-9-18)24(3)4/h10-11,14-15,17-18H,6-9,12-13H2,1-5H3. The number of likely N-dealkylation sites (N-methyl/N-ethyl adjacent to an activating group) is 1. The van der Waals surface area contributed by atoms with E-state index in [0.717, 1.165) is 60.9 Å². The molecule has 0 unspecified atom stereocenters. The van der Waals surface area contributed by atoms with Crippen molar-refractivity contribution in [2.75, 3.05) is 41.8 Å². The number of methoxy groups -OCH3 is 1. The van der Waals surface area contributed by atoms with Crippen LogP contribution in [0.15, 0.2) is 24.4 Å². The maximum atomic E-state index is 13.0. The van der Waals surface area contributed by atoms with Crippen LogP contribution in [-0.4, -0.2) is 74.5 Å². The fourth-order valence-electron chi connectivity index (χ4n) is 3.98. The summed E-state index contributed by atoms with van der Waals surface area (Å²) in [6.45, 7) is 0.925. The second-order valence-corrected chi connectivity index (χ2v) is 8.24. The number of nitrogens with zero attached hydrogens (tertiary/aromatic N) is 3. The summed E-state index contributed by atoms with van der Waals surface area (Å²) in [7, 11) is 9.99. The van der Waals surface area contributed by atoms with Crippen molar-refractivity contribution in [3.05, 3.63) is 30.0 Å². The number of carbonyl (C=O) groups excluding carboxylic acids is 1. The predicted octanol–water partition coefficient (Wildman–Crippen LogP) is 3.61. The second-order valence-electron chi connectivity index (χ2n) is 8.24. The van der Waals surface area contributed by atoms with Gasteiger partial charge in [-0.05, 0) is 78.0 Å². The van der Waals surface area contributed by atoms with Crippen LogP contribution in [-0.2, 0) is 11.2 Å². The van der Waals surface area contributed by atoms with E-state index in [2.05, 4.69) is 38.0 Å². The molecule has 0 amide bonds. The molecule has 0 atom stereocenters. The molecule has 1 saturated carbocycles. The molecule has 0 saturated heterocycles. The second kappa shape index (κ2) is 8.97. The van der Waals surface area contributed by atoms with Crippen LogP contribution in [0.25, 0.3) is 10.9 Å². The summed E-state index contributed by atoms with van der Waals surface area (Å²) < 4.78 is 12.9.